The summed E-state index contributed by atoms with van der Waals surface area (Å²) < 4.78 is 14.2. The van der Waals surface area contributed by atoms with E-state index in [1.54, 1.807) is 11.1 Å². The fourth-order valence-electron chi connectivity index (χ4n) is 1.99. The van der Waals surface area contributed by atoms with Gasteiger partial charge in [-0.1, -0.05) is 0 Å². The number of aryl methyl sites for hydroxylation is 1. The van der Waals surface area contributed by atoms with Crippen molar-refractivity contribution in [2.45, 2.75) is 25.6 Å². The second-order valence-corrected chi connectivity index (χ2v) is 5.05. The number of primary amides is 1. The Morgan fingerprint density at radius 1 is 1.71 bits per heavy atom. The molecule has 1 aliphatic rings. The molecule has 4 nitrogen and oxygen atoms in total. The minimum Gasteiger partial charge on any atom is -0.368 e. The minimum absolute atomic E-state index is 0.145. The lowest BCUT2D eigenvalue weighted by Crippen LogP contribution is -2.40. The van der Waals surface area contributed by atoms with Crippen molar-refractivity contribution in [3.63, 3.8) is 0 Å². The van der Waals surface area contributed by atoms with Crippen LogP contribution in [0.4, 0.5) is 10.2 Å². The molecule has 1 aliphatic heterocycles. The van der Waals surface area contributed by atoms with Crippen LogP contribution in [0.2, 0.25) is 0 Å². The molecule has 0 bridgehead atoms. The molecule has 2 heterocycles. The van der Waals surface area contributed by atoms with E-state index >= 15 is 0 Å². The van der Waals surface area contributed by atoms with Crippen LogP contribution in [0, 0.1) is 6.92 Å². The highest BCUT2D eigenvalue weighted by molar-refractivity contribution is 9.10. The Morgan fingerprint density at radius 3 is 3.00 bits per heavy atom. The van der Waals surface area contributed by atoms with E-state index in [0.29, 0.717) is 5.82 Å². The van der Waals surface area contributed by atoms with Crippen molar-refractivity contribution in [2.24, 2.45) is 5.73 Å². The third-order valence-electron chi connectivity index (χ3n) is 2.91. The molecule has 2 rings (SSSR count). The van der Waals surface area contributed by atoms with Gasteiger partial charge >= 0.3 is 0 Å². The second kappa shape index (κ2) is 4.60. The minimum atomic E-state index is -1.03. The van der Waals surface area contributed by atoms with E-state index in [1.807, 2.05) is 13.0 Å². The van der Waals surface area contributed by atoms with Crippen LogP contribution in [0.5, 0.6) is 0 Å². The van der Waals surface area contributed by atoms with Crippen molar-refractivity contribution in [1.29, 1.82) is 0 Å². The van der Waals surface area contributed by atoms with E-state index in [2.05, 4.69) is 20.9 Å². The van der Waals surface area contributed by atoms with E-state index in [-0.39, 0.29) is 13.0 Å². The van der Waals surface area contributed by atoms with Crippen molar-refractivity contribution in [3.8, 4) is 0 Å². The first-order valence-electron chi connectivity index (χ1n) is 5.31. The maximum absolute atomic E-state index is 13.4. The fraction of sp³-hybridized carbons (Fsp3) is 0.455. The van der Waals surface area contributed by atoms with Crippen molar-refractivity contribution >= 4 is 27.7 Å². The van der Waals surface area contributed by atoms with Crippen molar-refractivity contribution in [2.75, 3.05) is 11.4 Å². The zero-order chi connectivity index (χ0) is 12.6. The number of aromatic nitrogens is 1. The smallest absolute Gasteiger partial charge is 0.240 e. The first-order valence-corrected chi connectivity index (χ1v) is 6.10. The number of amides is 1. The molecule has 17 heavy (non-hydrogen) atoms. The number of hydrogen-bond acceptors (Lipinski definition) is 3. The summed E-state index contributed by atoms with van der Waals surface area (Å²) in [6.45, 7) is 2.08. The predicted octanol–water partition coefficient (Wildman–Crippen LogP) is 1.55. The number of halogens is 2. The Morgan fingerprint density at radius 2 is 2.41 bits per heavy atom. The highest BCUT2D eigenvalue weighted by Crippen LogP contribution is 2.28. The van der Waals surface area contributed by atoms with Crippen LogP contribution in [0.3, 0.4) is 0 Å². The average molecular weight is 302 g/mol. The summed E-state index contributed by atoms with van der Waals surface area (Å²) in [5.41, 5.74) is 6.26. The molecule has 1 fully saturated rings. The lowest BCUT2D eigenvalue weighted by Gasteiger charge is -2.23. The van der Waals surface area contributed by atoms with Gasteiger partial charge in [0.1, 0.15) is 18.0 Å². The molecule has 2 N–H and O–H groups in total. The topological polar surface area (TPSA) is 59.2 Å². The molecule has 0 radical (unpaired) electrons. The quantitative estimate of drug-likeness (QED) is 0.902. The molecule has 6 heteroatoms. The summed E-state index contributed by atoms with van der Waals surface area (Å²) in [5, 5.41) is 0. The van der Waals surface area contributed by atoms with Gasteiger partial charge in [-0.3, -0.25) is 4.79 Å². The summed E-state index contributed by atoms with van der Waals surface area (Å²) in [7, 11) is 0. The zero-order valence-electron chi connectivity index (χ0n) is 9.36. The van der Waals surface area contributed by atoms with Crippen LogP contribution < -0.4 is 10.6 Å². The molecule has 1 amide bonds. The van der Waals surface area contributed by atoms with Crippen molar-refractivity contribution in [1.82, 2.24) is 4.98 Å². The first kappa shape index (κ1) is 12.3. The molecule has 2 atom stereocenters. The van der Waals surface area contributed by atoms with Crippen molar-refractivity contribution in [3.05, 3.63) is 22.3 Å². The third kappa shape index (κ3) is 2.41. The lowest BCUT2D eigenvalue weighted by atomic mass is 10.2. The van der Waals surface area contributed by atoms with Crippen LogP contribution >= 0.6 is 15.9 Å². The van der Waals surface area contributed by atoms with E-state index in [4.69, 9.17) is 5.73 Å². The molecule has 0 unspecified atom stereocenters. The summed E-state index contributed by atoms with van der Waals surface area (Å²) >= 11 is 3.35. The zero-order valence-corrected chi connectivity index (χ0v) is 10.9. The number of nitrogens with zero attached hydrogens (tertiary/aromatic N) is 2. The maximum atomic E-state index is 13.4. The molecule has 1 saturated heterocycles. The van der Waals surface area contributed by atoms with Gasteiger partial charge in [-0.25, -0.2) is 9.37 Å². The van der Waals surface area contributed by atoms with Gasteiger partial charge in [0.15, 0.2) is 0 Å². The second-order valence-electron chi connectivity index (χ2n) is 4.20. The average Bonchev–Trinajstić information content (AvgIpc) is 2.64. The number of nitrogens with two attached hydrogens (primary N) is 1. The lowest BCUT2D eigenvalue weighted by molar-refractivity contribution is -0.119. The molecule has 0 aromatic carbocycles. The highest BCUT2D eigenvalue weighted by Gasteiger charge is 2.36. The molecule has 0 saturated carbocycles. The monoisotopic (exact) mass is 301 g/mol. The number of carbonyl (C=O) groups excluding carboxylic acids is 1. The Hall–Kier alpha value is -1.17. The van der Waals surface area contributed by atoms with Gasteiger partial charge in [-0.05, 0) is 34.5 Å². The first-order chi connectivity index (χ1) is 7.99. The highest BCUT2D eigenvalue weighted by atomic mass is 79.9. The summed E-state index contributed by atoms with van der Waals surface area (Å²) in [6, 6.07) is 1.22. The van der Waals surface area contributed by atoms with Gasteiger partial charge in [0, 0.05) is 17.1 Å². The fourth-order valence-corrected chi connectivity index (χ4v) is 2.21. The van der Waals surface area contributed by atoms with E-state index in [0.717, 1.165) is 10.0 Å². The SMILES string of the molecule is Cc1cc(N2C[C@H](F)C[C@H]2C(N)=O)ncc1Br. The molecular weight excluding hydrogens is 289 g/mol. The standard InChI is InChI=1S/C11H13BrFN3O/c1-6-2-10(15-4-8(6)12)16-5-7(13)3-9(16)11(14)17/h2,4,7,9H,3,5H2,1H3,(H2,14,17)/t7-,9+/m1/s1. The number of anilines is 1. The Bertz CT molecular complexity index is 454. The number of pyridine rings is 1. The molecule has 0 aliphatic carbocycles. The van der Waals surface area contributed by atoms with E-state index in [9.17, 15) is 9.18 Å². The molecule has 1 aromatic heterocycles. The van der Waals surface area contributed by atoms with Crippen LogP contribution in [0.1, 0.15) is 12.0 Å². The largest absolute Gasteiger partial charge is 0.368 e. The van der Waals surface area contributed by atoms with Crippen LogP contribution in [-0.2, 0) is 4.79 Å². The molecule has 92 valence electrons. The summed E-state index contributed by atoms with van der Waals surface area (Å²) in [4.78, 5) is 17.1. The van der Waals surface area contributed by atoms with E-state index < -0.39 is 18.1 Å². The van der Waals surface area contributed by atoms with Crippen LogP contribution in [0.25, 0.3) is 0 Å². The van der Waals surface area contributed by atoms with E-state index in [1.165, 1.54) is 0 Å². The third-order valence-corrected chi connectivity index (χ3v) is 3.74. The Balaban J connectivity index is 2.31. The van der Waals surface area contributed by atoms with Crippen LogP contribution in [0.15, 0.2) is 16.7 Å². The van der Waals surface area contributed by atoms with Crippen LogP contribution in [-0.4, -0.2) is 29.6 Å². The number of alkyl halides is 1. The van der Waals surface area contributed by atoms with Gasteiger partial charge in [0.05, 0.1) is 6.54 Å². The maximum Gasteiger partial charge on any atom is 0.240 e. The van der Waals surface area contributed by atoms with Gasteiger partial charge in [0.2, 0.25) is 5.91 Å². The van der Waals surface area contributed by atoms with Gasteiger partial charge in [0.25, 0.3) is 0 Å². The number of hydrogen-bond donors (Lipinski definition) is 1. The Labute approximate surface area is 107 Å². The van der Waals surface area contributed by atoms with Gasteiger partial charge in [-0.15, -0.1) is 0 Å². The molecule has 1 aromatic rings. The van der Waals surface area contributed by atoms with Gasteiger partial charge < -0.3 is 10.6 Å². The van der Waals surface area contributed by atoms with Gasteiger partial charge in [-0.2, -0.15) is 0 Å². The number of carbonyl (C=O) groups is 1. The summed E-state index contributed by atoms with van der Waals surface area (Å²) in [5.74, 6) is 0.0853. The van der Waals surface area contributed by atoms with Crippen molar-refractivity contribution < 1.29 is 9.18 Å². The molecule has 0 spiro atoms. The molecular formula is C11H13BrFN3O. The normalized spacial score (nSPS) is 24.1. The Kier molecular flexibility index (Phi) is 3.33. The summed E-state index contributed by atoms with van der Waals surface area (Å²) in [6.07, 6.45) is 0.763. The predicted molar refractivity (Wildman–Crippen MR) is 66.5 cm³/mol. The number of rotatable bonds is 2.